The first-order chi connectivity index (χ1) is 11.7. The molecular formula is C21H27NO2. The molecule has 1 aliphatic rings. The van der Waals surface area contributed by atoms with E-state index in [9.17, 15) is 0 Å². The molecule has 1 saturated heterocycles. The van der Waals surface area contributed by atoms with Gasteiger partial charge >= 0.3 is 0 Å². The second-order valence-corrected chi connectivity index (χ2v) is 6.70. The van der Waals surface area contributed by atoms with Gasteiger partial charge in [-0.2, -0.15) is 0 Å². The zero-order valence-electron chi connectivity index (χ0n) is 14.9. The van der Waals surface area contributed by atoms with E-state index in [-0.39, 0.29) is 6.10 Å². The summed E-state index contributed by atoms with van der Waals surface area (Å²) >= 11 is 0. The number of nitrogens with zero attached hydrogens (tertiary/aromatic N) is 1. The highest BCUT2D eigenvalue weighted by atomic mass is 16.5. The first kappa shape index (κ1) is 17.0. The molecule has 0 saturated carbocycles. The van der Waals surface area contributed by atoms with E-state index in [0.29, 0.717) is 6.10 Å². The second-order valence-electron chi connectivity index (χ2n) is 6.70. The van der Waals surface area contributed by atoms with Crippen molar-refractivity contribution in [3.05, 3.63) is 65.2 Å². The van der Waals surface area contributed by atoms with Gasteiger partial charge in [0.1, 0.15) is 11.9 Å². The minimum atomic E-state index is -0.0232. The first-order valence-corrected chi connectivity index (χ1v) is 8.70. The average Bonchev–Trinajstić information content (AvgIpc) is 2.62. The SMILES string of the molecule is COc1ccc(C(OC2CCN(C)CC2)c2ccc(C)cc2)cc1. The summed E-state index contributed by atoms with van der Waals surface area (Å²) < 4.78 is 11.8. The molecule has 3 heteroatoms. The van der Waals surface area contributed by atoms with Crippen molar-refractivity contribution in [2.24, 2.45) is 0 Å². The summed E-state index contributed by atoms with van der Waals surface area (Å²) in [4.78, 5) is 2.37. The van der Waals surface area contributed by atoms with Gasteiger partial charge in [-0.15, -0.1) is 0 Å². The maximum Gasteiger partial charge on any atom is 0.118 e. The standard InChI is InChI=1S/C21H27NO2/c1-16-4-6-17(7-5-16)21(18-8-10-19(23-3)11-9-18)24-20-12-14-22(2)15-13-20/h4-11,20-21H,12-15H2,1-3H3. The number of likely N-dealkylation sites (tertiary alicyclic amines) is 1. The summed E-state index contributed by atoms with van der Waals surface area (Å²) in [5.74, 6) is 0.876. The molecule has 0 radical (unpaired) electrons. The maximum atomic E-state index is 6.56. The maximum absolute atomic E-state index is 6.56. The van der Waals surface area contributed by atoms with E-state index >= 15 is 0 Å². The third-order valence-electron chi connectivity index (χ3n) is 4.79. The lowest BCUT2D eigenvalue weighted by Crippen LogP contribution is -2.35. The summed E-state index contributed by atoms with van der Waals surface area (Å²) in [6.45, 7) is 4.33. The number of rotatable bonds is 5. The van der Waals surface area contributed by atoms with Crippen molar-refractivity contribution in [2.75, 3.05) is 27.2 Å². The van der Waals surface area contributed by atoms with Gasteiger partial charge in [-0.05, 0) is 50.1 Å². The van der Waals surface area contributed by atoms with E-state index in [4.69, 9.17) is 9.47 Å². The van der Waals surface area contributed by atoms with Gasteiger partial charge < -0.3 is 14.4 Å². The van der Waals surface area contributed by atoms with Crippen LogP contribution in [-0.2, 0) is 4.74 Å². The van der Waals surface area contributed by atoms with Gasteiger partial charge in [0.15, 0.2) is 0 Å². The van der Waals surface area contributed by atoms with Gasteiger partial charge in [0.25, 0.3) is 0 Å². The Kier molecular flexibility index (Phi) is 5.54. The summed E-state index contributed by atoms with van der Waals surface area (Å²) in [5.41, 5.74) is 3.66. The van der Waals surface area contributed by atoms with Crippen molar-refractivity contribution in [3.63, 3.8) is 0 Å². The number of aryl methyl sites for hydroxylation is 1. The quantitative estimate of drug-likeness (QED) is 0.822. The van der Waals surface area contributed by atoms with Crippen LogP contribution in [0, 0.1) is 6.92 Å². The van der Waals surface area contributed by atoms with Gasteiger partial charge in [0, 0.05) is 13.1 Å². The van der Waals surface area contributed by atoms with E-state index in [0.717, 1.165) is 31.7 Å². The Hall–Kier alpha value is -1.84. The van der Waals surface area contributed by atoms with Crippen LogP contribution in [0.5, 0.6) is 5.75 Å². The van der Waals surface area contributed by atoms with Gasteiger partial charge in [-0.25, -0.2) is 0 Å². The number of methoxy groups -OCH3 is 1. The van der Waals surface area contributed by atoms with Crippen molar-refractivity contribution in [3.8, 4) is 5.75 Å². The fourth-order valence-electron chi connectivity index (χ4n) is 3.18. The number of piperidine rings is 1. The van der Waals surface area contributed by atoms with Crippen molar-refractivity contribution < 1.29 is 9.47 Å². The van der Waals surface area contributed by atoms with Crippen LogP contribution >= 0.6 is 0 Å². The van der Waals surface area contributed by atoms with Crippen molar-refractivity contribution in [1.29, 1.82) is 0 Å². The lowest BCUT2D eigenvalue weighted by Gasteiger charge is -2.32. The van der Waals surface area contributed by atoms with Crippen LogP contribution in [0.4, 0.5) is 0 Å². The second kappa shape index (κ2) is 7.82. The number of benzene rings is 2. The molecule has 3 rings (SSSR count). The Labute approximate surface area is 145 Å². The monoisotopic (exact) mass is 325 g/mol. The molecule has 2 aromatic carbocycles. The van der Waals surface area contributed by atoms with Crippen molar-refractivity contribution in [2.45, 2.75) is 32.0 Å². The molecule has 0 aromatic heterocycles. The van der Waals surface area contributed by atoms with Gasteiger partial charge in [-0.3, -0.25) is 0 Å². The Morgan fingerprint density at radius 3 is 2.00 bits per heavy atom. The molecule has 0 aliphatic carbocycles. The lowest BCUT2D eigenvalue weighted by atomic mass is 9.99. The largest absolute Gasteiger partial charge is 0.497 e. The molecule has 24 heavy (non-hydrogen) atoms. The zero-order chi connectivity index (χ0) is 16.9. The van der Waals surface area contributed by atoms with E-state index in [1.165, 1.54) is 16.7 Å². The van der Waals surface area contributed by atoms with Crippen LogP contribution in [0.1, 0.15) is 35.6 Å². The highest BCUT2D eigenvalue weighted by molar-refractivity contribution is 5.35. The molecule has 0 bridgehead atoms. The average molecular weight is 325 g/mol. The van der Waals surface area contributed by atoms with Gasteiger partial charge in [0.2, 0.25) is 0 Å². The molecular weight excluding hydrogens is 298 g/mol. The van der Waals surface area contributed by atoms with Gasteiger partial charge in [0.05, 0.1) is 13.2 Å². The number of ether oxygens (including phenoxy) is 2. The molecule has 0 amide bonds. The van der Waals surface area contributed by atoms with Crippen LogP contribution in [-0.4, -0.2) is 38.3 Å². The van der Waals surface area contributed by atoms with Crippen LogP contribution in [0.15, 0.2) is 48.5 Å². The Morgan fingerprint density at radius 1 is 0.917 bits per heavy atom. The fraction of sp³-hybridized carbons (Fsp3) is 0.429. The molecule has 0 spiro atoms. The first-order valence-electron chi connectivity index (χ1n) is 8.70. The molecule has 1 unspecified atom stereocenters. The molecule has 1 aliphatic heterocycles. The molecule has 0 N–H and O–H groups in total. The minimum absolute atomic E-state index is 0.0232. The van der Waals surface area contributed by atoms with Crippen LogP contribution in [0.3, 0.4) is 0 Å². The van der Waals surface area contributed by atoms with E-state index < -0.39 is 0 Å². The predicted octanol–water partition coefficient (Wildman–Crippen LogP) is 4.20. The van der Waals surface area contributed by atoms with Crippen molar-refractivity contribution >= 4 is 0 Å². The summed E-state index contributed by atoms with van der Waals surface area (Å²) in [6.07, 6.45) is 2.48. The fourth-order valence-corrected chi connectivity index (χ4v) is 3.18. The Balaban J connectivity index is 1.83. The number of hydrogen-bond acceptors (Lipinski definition) is 3. The lowest BCUT2D eigenvalue weighted by molar-refractivity contribution is -0.0234. The third-order valence-corrected chi connectivity index (χ3v) is 4.79. The molecule has 1 atom stereocenters. The minimum Gasteiger partial charge on any atom is -0.497 e. The predicted molar refractivity (Wildman–Crippen MR) is 97.6 cm³/mol. The van der Waals surface area contributed by atoms with Crippen molar-refractivity contribution in [1.82, 2.24) is 4.90 Å². The summed E-state index contributed by atoms with van der Waals surface area (Å²) in [5, 5.41) is 0. The van der Waals surface area contributed by atoms with E-state index in [1.807, 2.05) is 12.1 Å². The highest BCUT2D eigenvalue weighted by Gasteiger charge is 2.23. The molecule has 2 aromatic rings. The smallest absolute Gasteiger partial charge is 0.118 e. The highest BCUT2D eigenvalue weighted by Crippen LogP contribution is 2.31. The van der Waals surface area contributed by atoms with Crippen LogP contribution in [0.25, 0.3) is 0 Å². The molecule has 1 fully saturated rings. The number of hydrogen-bond donors (Lipinski definition) is 0. The normalized spacial score (nSPS) is 17.6. The third kappa shape index (κ3) is 4.16. The molecule has 1 heterocycles. The Bertz CT molecular complexity index is 628. The topological polar surface area (TPSA) is 21.7 Å². The van der Waals surface area contributed by atoms with E-state index in [1.54, 1.807) is 7.11 Å². The van der Waals surface area contributed by atoms with E-state index in [2.05, 4.69) is 55.3 Å². The molecule has 3 nitrogen and oxygen atoms in total. The Morgan fingerprint density at radius 2 is 1.46 bits per heavy atom. The summed E-state index contributed by atoms with van der Waals surface area (Å²) in [7, 11) is 3.87. The summed E-state index contributed by atoms with van der Waals surface area (Å²) in [6, 6.07) is 16.9. The van der Waals surface area contributed by atoms with Gasteiger partial charge in [-0.1, -0.05) is 42.0 Å². The zero-order valence-corrected chi connectivity index (χ0v) is 14.9. The van der Waals surface area contributed by atoms with Crippen LogP contribution < -0.4 is 4.74 Å². The molecule has 128 valence electrons. The van der Waals surface area contributed by atoms with Crippen LogP contribution in [0.2, 0.25) is 0 Å².